The number of anilines is 1. The molecule has 154 valence electrons. The number of hydrogen-bond acceptors (Lipinski definition) is 6. The first-order chi connectivity index (χ1) is 14.8. The van der Waals surface area contributed by atoms with Crippen molar-refractivity contribution in [2.75, 3.05) is 5.32 Å². The smallest absolute Gasteiger partial charge is 0.225 e. The molecule has 2 heterocycles. The van der Waals surface area contributed by atoms with Crippen molar-refractivity contribution in [3.05, 3.63) is 52.4 Å². The molecule has 1 aromatic carbocycles. The maximum Gasteiger partial charge on any atom is 0.225 e. The zero-order valence-electron chi connectivity index (χ0n) is 17.9. The van der Waals surface area contributed by atoms with Crippen molar-refractivity contribution < 1.29 is 0 Å². The minimum absolute atomic E-state index is 0.0317. The van der Waals surface area contributed by atoms with Gasteiger partial charge in [0.25, 0.3) is 0 Å². The van der Waals surface area contributed by atoms with Gasteiger partial charge in [-0.25, -0.2) is 4.98 Å². The van der Waals surface area contributed by atoms with Crippen molar-refractivity contribution in [2.45, 2.75) is 45.1 Å². The molecule has 3 fully saturated rings. The van der Waals surface area contributed by atoms with Crippen molar-refractivity contribution in [1.82, 2.24) is 19.7 Å². The average molecular weight is 409 g/mol. The number of allylic oxidation sites excluding steroid dienone is 1. The molecule has 1 N–H and O–H groups in total. The molecule has 0 amide bonds. The molecule has 0 aliphatic heterocycles. The van der Waals surface area contributed by atoms with E-state index in [1.54, 1.807) is 4.68 Å². The molecule has 2 bridgehead atoms. The number of benzene rings is 1. The minimum Gasteiger partial charge on any atom is -0.349 e. The van der Waals surface area contributed by atoms with Crippen LogP contribution in [-0.2, 0) is 13.5 Å². The van der Waals surface area contributed by atoms with Gasteiger partial charge in [-0.05, 0) is 61.4 Å². The van der Waals surface area contributed by atoms with E-state index < -0.39 is 0 Å². The molecule has 0 radical (unpaired) electrons. The quantitative estimate of drug-likeness (QED) is 0.640. The second kappa shape index (κ2) is 6.65. The SMILES string of the molecule is Cc1cc(/C=C/C#N)cc(C)c1Cc1nc(NC23CC(C#N)(C2)C3)nc2nn(C)cc12. The maximum absolute atomic E-state index is 9.29. The molecule has 3 saturated carbocycles. The predicted octanol–water partition coefficient (Wildman–Crippen LogP) is 3.97. The van der Waals surface area contributed by atoms with Crippen molar-refractivity contribution in [2.24, 2.45) is 12.5 Å². The van der Waals surface area contributed by atoms with E-state index in [0.717, 1.165) is 47.0 Å². The Hall–Kier alpha value is -3.71. The van der Waals surface area contributed by atoms with Gasteiger partial charge in [-0.1, -0.05) is 12.1 Å². The molecule has 7 heteroatoms. The summed E-state index contributed by atoms with van der Waals surface area (Å²) < 4.78 is 1.77. The highest BCUT2D eigenvalue weighted by Gasteiger charge is 2.69. The Morgan fingerprint density at radius 3 is 2.52 bits per heavy atom. The fourth-order valence-corrected chi connectivity index (χ4v) is 5.25. The molecule has 7 nitrogen and oxygen atoms in total. The van der Waals surface area contributed by atoms with E-state index in [1.165, 1.54) is 11.6 Å². The van der Waals surface area contributed by atoms with E-state index >= 15 is 0 Å². The van der Waals surface area contributed by atoms with E-state index in [4.69, 9.17) is 10.2 Å². The molecule has 3 aliphatic carbocycles. The van der Waals surface area contributed by atoms with Crippen LogP contribution in [0, 0.1) is 41.9 Å². The van der Waals surface area contributed by atoms with Crippen LogP contribution in [0.1, 0.15) is 47.2 Å². The fraction of sp³-hybridized carbons (Fsp3) is 0.375. The summed E-state index contributed by atoms with van der Waals surface area (Å²) >= 11 is 0. The third kappa shape index (κ3) is 3.14. The van der Waals surface area contributed by atoms with E-state index in [-0.39, 0.29) is 11.0 Å². The minimum atomic E-state index is -0.124. The molecule has 2 aromatic heterocycles. The van der Waals surface area contributed by atoms with Crippen LogP contribution in [0.5, 0.6) is 0 Å². The number of aromatic nitrogens is 4. The first-order valence-corrected chi connectivity index (χ1v) is 10.4. The number of fused-ring (bicyclic) bond motifs is 1. The standard InChI is InChI=1S/C24H23N7/c1-15-7-17(5-4-6-25)8-16(2)18(15)9-20-19-10-31(3)30-21(19)28-22(27-20)29-24-11-23(12-24,13-24)14-26/h4-5,7-8,10H,9,11-13H2,1-3H3,(H,28,29,30)/b5-4+. The Kier molecular flexibility index (Phi) is 4.13. The van der Waals surface area contributed by atoms with Crippen LogP contribution >= 0.6 is 0 Å². The number of nitrogens with zero attached hydrogens (tertiary/aromatic N) is 6. The summed E-state index contributed by atoms with van der Waals surface area (Å²) in [6, 6.07) is 8.68. The monoisotopic (exact) mass is 409 g/mol. The molecule has 3 aliphatic rings. The molecule has 0 spiro atoms. The van der Waals surface area contributed by atoms with Crippen LogP contribution in [0.2, 0.25) is 0 Å². The highest BCUT2D eigenvalue weighted by Crippen LogP contribution is 2.67. The van der Waals surface area contributed by atoms with Crippen molar-refractivity contribution in [1.29, 1.82) is 10.5 Å². The van der Waals surface area contributed by atoms with Crippen molar-refractivity contribution >= 4 is 23.1 Å². The molecular formula is C24H23N7. The number of nitriles is 2. The van der Waals surface area contributed by atoms with Gasteiger partial charge in [0.2, 0.25) is 5.95 Å². The summed E-state index contributed by atoms with van der Waals surface area (Å²) in [5.41, 5.74) is 6.03. The molecule has 6 rings (SSSR count). The summed E-state index contributed by atoms with van der Waals surface area (Å²) in [6.07, 6.45) is 8.57. The van der Waals surface area contributed by atoms with Crippen LogP contribution in [0.25, 0.3) is 17.1 Å². The topological polar surface area (TPSA) is 103 Å². The van der Waals surface area contributed by atoms with Gasteiger partial charge in [0.15, 0.2) is 5.65 Å². The lowest BCUT2D eigenvalue weighted by Gasteiger charge is -2.66. The normalized spacial score (nSPS) is 23.8. The van der Waals surface area contributed by atoms with E-state index in [9.17, 15) is 5.26 Å². The van der Waals surface area contributed by atoms with Crippen LogP contribution < -0.4 is 5.32 Å². The molecular weight excluding hydrogens is 386 g/mol. The van der Waals surface area contributed by atoms with Gasteiger partial charge >= 0.3 is 0 Å². The summed E-state index contributed by atoms with van der Waals surface area (Å²) in [5.74, 6) is 0.594. The second-order valence-electron chi connectivity index (χ2n) is 9.13. The molecule has 3 aromatic rings. The van der Waals surface area contributed by atoms with Gasteiger partial charge in [-0.2, -0.15) is 20.6 Å². The van der Waals surface area contributed by atoms with Crippen LogP contribution in [0.4, 0.5) is 5.95 Å². The summed E-state index contributed by atoms with van der Waals surface area (Å²) in [4.78, 5) is 9.54. The van der Waals surface area contributed by atoms with Gasteiger partial charge in [0, 0.05) is 31.3 Å². The Bertz CT molecular complexity index is 1290. The van der Waals surface area contributed by atoms with Crippen LogP contribution in [-0.4, -0.2) is 25.3 Å². The highest BCUT2D eigenvalue weighted by atomic mass is 15.3. The van der Waals surface area contributed by atoms with Crippen molar-refractivity contribution in [3.63, 3.8) is 0 Å². The Labute approximate surface area is 181 Å². The van der Waals surface area contributed by atoms with E-state index in [2.05, 4.69) is 47.4 Å². The van der Waals surface area contributed by atoms with Gasteiger partial charge < -0.3 is 5.32 Å². The molecule has 0 atom stereocenters. The van der Waals surface area contributed by atoms with E-state index in [0.29, 0.717) is 18.0 Å². The molecule has 31 heavy (non-hydrogen) atoms. The van der Waals surface area contributed by atoms with E-state index in [1.807, 2.05) is 25.4 Å². The van der Waals surface area contributed by atoms with Gasteiger partial charge in [0.1, 0.15) is 0 Å². The van der Waals surface area contributed by atoms with Crippen LogP contribution in [0.15, 0.2) is 24.4 Å². The lowest BCUT2D eigenvalue weighted by atomic mass is 9.40. The molecule has 0 saturated heterocycles. The molecule has 0 unspecified atom stereocenters. The number of nitrogens with one attached hydrogen (secondary N) is 1. The van der Waals surface area contributed by atoms with Crippen molar-refractivity contribution in [3.8, 4) is 12.1 Å². The Morgan fingerprint density at radius 1 is 1.16 bits per heavy atom. The van der Waals surface area contributed by atoms with Gasteiger partial charge in [0.05, 0.1) is 28.6 Å². The Morgan fingerprint density at radius 2 is 1.87 bits per heavy atom. The largest absolute Gasteiger partial charge is 0.349 e. The lowest BCUT2D eigenvalue weighted by Crippen LogP contribution is -2.70. The first-order valence-electron chi connectivity index (χ1n) is 10.4. The lowest BCUT2D eigenvalue weighted by molar-refractivity contribution is -0.0664. The van der Waals surface area contributed by atoms with Gasteiger partial charge in [-0.15, -0.1) is 0 Å². The Balaban J connectivity index is 1.49. The van der Waals surface area contributed by atoms with Gasteiger partial charge in [-0.3, -0.25) is 4.68 Å². The second-order valence-corrected chi connectivity index (χ2v) is 9.13. The third-order valence-corrected chi connectivity index (χ3v) is 6.63. The summed E-state index contributed by atoms with van der Waals surface area (Å²) in [6.45, 7) is 4.19. The first kappa shape index (κ1) is 19.3. The number of hydrogen-bond donors (Lipinski definition) is 1. The van der Waals surface area contributed by atoms with Crippen LogP contribution in [0.3, 0.4) is 0 Å². The fourth-order valence-electron chi connectivity index (χ4n) is 5.25. The third-order valence-electron chi connectivity index (χ3n) is 6.63. The summed E-state index contributed by atoms with van der Waals surface area (Å²) in [7, 11) is 1.89. The highest BCUT2D eigenvalue weighted by molar-refractivity contribution is 5.78. The number of aryl methyl sites for hydroxylation is 3. The zero-order valence-corrected chi connectivity index (χ0v) is 17.9. The zero-order chi connectivity index (χ0) is 21.8. The average Bonchev–Trinajstić information content (AvgIpc) is 3.04. The summed E-state index contributed by atoms with van der Waals surface area (Å²) in [5, 5.41) is 27.1. The maximum atomic E-state index is 9.29. The number of rotatable bonds is 5. The predicted molar refractivity (Wildman–Crippen MR) is 118 cm³/mol.